The van der Waals surface area contributed by atoms with Gasteiger partial charge in [0.2, 0.25) is 0 Å². The van der Waals surface area contributed by atoms with Crippen molar-refractivity contribution < 1.29 is 14.3 Å². The number of ketones is 1. The number of carbonyl (C=O) groups is 2. The Labute approximate surface area is 126 Å². The Kier molecular flexibility index (Phi) is 6.72. The average molecular weight is 292 g/mol. The molecule has 0 atom stereocenters. The van der Waals surface area contributed by atoms with Gasteiger partial charge in [-0.3, -0.25) is 10.1 Å². The standard InChI is InChI=1S/C16H24N2O3/c1-5-18(6-2)14-7-8-15(12(3)11-14)17-16(20)21-10-9-13(4)19/h7-8,11H,5-6,9-10H2,1-4H3,(H,17,20). The van der Waals surface area contributed by atoms with Gasteiger partial charge in [0.1, 0.15) is 12.4 Å². The summed E-state index contributed by atoms with van der Waals surface area (Å²) in [6.07, 6.45) is -0.289. The summed E-state index contributed by atoms with van der Waals surface area (Å²) in [5.74, 6) is 0.00237. The second kappa shape index (κ2) is 8.29. The first-order valence-electron chi connectivity index (χ1n) is 7.26. The monoisotopic (exact) mass is 292 g/mol. The number of hydrogen-bond acceptors (Lipinski definition) is 4. The van der Waals surface area contributed by atoms with E-state index in [2.05, 4.69) is 24.1 Å². The topological polar surface area (TPSA) is 58.6 Å². The van der Waals surface area contributed by atoms with Crippen LogP contribution in [0.5, 0.6) is 0 Å². The fourth-order valence-corrected chi connectivity index (χ4v) is 2.01. The number of anilines is 2. The van der Waals surface area contributed by atoms with E-state index in [4.69, 9.17) is 4.74 Å². The van der Waals surface area contributed by atoms with Gasteiger partial charge in [-0.05, 0) is 51.5 Å². The zero-order chi connectivity index (χ0) is 15.8. The first-order chi connectivity index (χ1) is 9.97. The van der Waals surface area contributed by atoms with Crippen LogP contribution < -0.4 is 10.2 Å². The van der Waals surface area contributed by atoms with Gasteiger partial charge in [-0.1, -0.05) is 0 Å². The fourth-order valence-electron chi connectivity index (χ4n) is 2.01. The molecule has 21 heavy (non-hydrogen) atoms. The molecule has 1 aromatic carbocycles. The van der Waals surface area contributed by atoms with Gasteiger partial charge >= 0.3 is 6.09 Å². The number of ether oxygens (including phenoxy) is 1. The highest BCUT2D eigenvalue weighted by Crippen LogP contribution is 2.22. The molecule has 0 spiro atoms. The predicted molar refractivity (Wildman–Crippen MR) is 85.0 cm³/mol. The third kappa shape index (κ3) is 5.45. The van der Waals surface area contributed by atoms with E-state index in [1.807, 2.05) is 25.1 Å². The third-order valence-corrected chi connectivity index (χ3v) is 3.26. The molecule has 0 aliphatic heterocycles. The molecule has 0 aromatic heterocycles. The van der Waals surface area contributed by atoms with Crippen LogP contribution in [0, 0.1) is 6.92 Å². The van der Waals surface area contributed by atoms with E-state index in [1.54, 1.807) is 0 Å². The van der Waals surface area contributed by atoms with Crippen molar-refractivity contribution in [1.29, 1.82) is 0 Å². The minimum Gasteiger partial charge on any atom is -0.449 e. The highest BCUT2D eigenvalue weighted by atomic mass is 16.5. The second-order valence-corrected chi connectivity index (χ2v) is 4.88. The highest BCUT2D eigenvalue weighted by molar-refractivity contribution is 5.86. The van der Waals surface area contributed by atoms with E-state index < -0.39 is 6.09 Å². The molecule has 116 valence electrons. The summed E-state index contributed by atoms with van der Waals surface area (Å²) < 4.78 is 4.95. The zero-order valence-electron chi connectivity index (χ0n) is 13.2. The first kappa shape index (κ1) is 17.0. The number of benzene rings is 1. The summed E-state index contributed by atoms with van der Waals surface area (Å²) in [5.41, 5.74) is 2.83. The lowest BCUT2D eigenvalue weighted by Gasteiger charge is -2.22. The molecular formula is C16H24N2O3. The van der Waals surface area contributed by atoms with Crippen molar-refractivity contribution >= 4 is 23.3 Å². The van der Waals surface area contributed by atoms with Crippen molar-refractivity contribution in [2.45, 2.75) is 34.1 Å². The van der Waals surface area contributed by atoms with Gasteiger partial charge in [0, 0.05) is 30.9 Å². The molecule has 1 rings (SSSR count). The maximum atomic E-state index is 11.6. The third-order valence-electron chi connectivity index (χ3n) is 3.26. The molecular weight excluding hydrogens is 268 g/mol. The highest BCUT2D eigenvalue weighted by Gasteiger charge is 2.08. The van der Waals surface area contributed by atoms with Crippen LogP contribution in [0.1, 0.15) is 32.8 Å². The lowest BCUT2D eigenvalue weighted by Crippen LogP contribution is -2.22. The minimum atomic E-state index is -0.532. The summed E-state index contributed by atoms with van der Waals surface area (Å²) in [5, 5.41) is 2.70. The molecule has 0 aliphatic rings. The smallest absolute Gasteiger partial charge is 0.411 e. The molecule has 0 bridgehead atoms. The summed E-state index contributed by atoms with van der Waals surface area (Å²) in [6, 6.07) is 5.89. The molecule has 1 N–H and O–H groups in total. The number of amides is 1. The lowest BCUT2D eigenvalue weighted by molar-refractivity contribution is -0.117. The molecule has 0 saturated carbocycles. The van der Waals surface area contributed by atoms with Gasteiger partial charge in [-0.15, -0.1) is 0 Å². The molecule has 0 fully saturated rings. The van der Waals surface area contributed by atoms with E-state index in [-0.39, 0.29) is 18.8 Å². The van der Waals surface area contributed by atoms with Crippen molar-refractivity contribution in [3.05, 3.63) is 23.8 Å². The summed E-state index contributed by atoms with van der Waals surface area (Å²) in [4.78, 5) is 24.6. The van der Waals surface area contributed by atoms with Crippen molar-refractivity contribution in [1.82, 2.24) is 0 Å². The van der Waals surface area contributed by atoms with Crippen LogP contribution >= 0.6 is 0 Å². The van der Waals surface area contributed by atoms with Crippen LogP contribution in [-0.2, 0) is 9.53 Å². The van der Waals surface area contributed by atoms with E-state index in [0.29, 0.717) is 0 Å². The molecule has 0 radical (unpaired) electrons. The number of Topliss-reactive ketones (excluding diaryl/α,β-unsaturated/α-hetero) is 1. The fraction of sp³-hybridized carbons (Fsp3) is 0.500. The van der Waals surface area contributed by atoms with Crippen LogP contribution in [-0.4, -0.2) is 31.6 Å². The Bertz CT molecular complexity index is 496. The maximum absolute atomic E-state index is 11.6. The molecule has 1 aromatic rings. The number of nitrogens with zero attached hydrogens (tertiary/aromatic N) is 1. The van der Waals surface area contributed by atoms with Crippen molar-refractivity contribution in [2.24, 2.45) is 0 Å². The van der Waals surface area contributed by atoms with Gasteiger partial charge in [-0.2, -0.15) is 0 Å². The SMILES string of the molecule is CCN(CC)c1ccc(NC(=O)OCCC(C)=O)c(C)c1. The largest absolute Gasteiger partial charge is 0.449 e. The van der Waals surface area contributed by atoms with Crippen molar-refractivity contribution in [2.75, 3.05) is 29.9 Å². The van der Waals surface area contributed by atoms with Crippen LogP contribution in [0.25, 0.3) is 0 Å². The summed E-state index contributed by atoms with van der Waals surface area (Å²) >= 11 is 0. The van der Waals surface area contributed by atoms with E-state index in [9.17, 15) is 9.59 Å². The molecule has 5 heteroatoms. The Balaban J connectivity index is 2.64. The van der Waals surface area contributed by atoms with E-state index >= 15 is 0 Å². The molecule has 0 unspecified atom stereocenters. The number of nitrogens with one attached hydrogen (secondary N) is 1. The Hall–Kier alpha value is -2.04. The number of rotatable bonds is 7. The number of aryl methyl sites for hydroxylation is 1. The van der Waals surface area contributed by atoms with Crippen LogP contribution in [0.3, 0.4) is 0 Å². The molecule has 5 nitrogen and oxygen atoms in total. The number of hydrogen-bond donors (Lipinski definition) is 1. The molecule has 1 amide bonds. The Morgan fingerprint density at radius 1 is 1.24 bits per heavy atom. The van der Waals surface area contributed by atoms with E-state index in [0.717, 1.165) is 30.0 Å². The van der Waals surface area contributed by atoms with Gasteiger partial charge in [0.15, 0.2) is 0 Å². The zero-order valence-corrected chi connectivity index (χ0v) is 13.2. The Morgan fingerprint density at radius 2 is 1.90 bits per heavy atom. The summed E-state index contributed by atoms with van der Waals surface area (Å²) in [6.45, 7) is 9.62. The van der Waals surface area contributed by atoms with Gasteiger partial charge in [0.25, 0.3) is 0 Å². The normalized spacial score (nSPS) is 10.1. The Morgan fingerprint density at radius 3 is 2.43 bits per heavy atom. The molecule has 0 heterocycles. The average Bonchev–Trinajstić information content (AvgIpc) is 2.42. The number of carbonyl (C=O) groups excluding carboxylic acids is 2. The van der Waals surface area contributed by atoms with Gasteiger partial charge < -0.3 is 9.64 Å². The predicted octanol–water partition coefficient (Wildman–Crippen LogP) is 3.37. The van der Waals surface area contributed by atoms with Crippen LogP contribution in [0.4, 0.5) is 16.2 Å². The molecule has 0 aliphatic carbocycles. The summed E-state index contributed by atoms with van der Waals surface area (Å²) in [7, 11) is 0. The van der Waals surface area contributed by atoms with Crippen molar-refractivity contribution in [3.8, 4) is 0 Å². The van der Waals surface area contributed by atoms with Gasteiger partial charge in [0.05, 0.1) is 0 Å². The van der Waals surface area contributed by atoms with Crippen LogP contribution in [0.2, 0.25) is 0 Å². The van der Waals surface area contributed by atoms with Gasteiger partial charge in [-0.25, -0.2) is 4.79 Å². The van der Waals surface area contributed by atoms with Crippen LogP contribution in [0.15, 0.2) is 18.2 Å². The second-order valence-electron chi connectivity index (χ2n) is 4.88. The molecule has 0 saturated heterocycles. The van der Waals surface area contributed by atoms with Crippen molar-refractivity contribution in [3.63, 3.8) is 0 Å². The quantitative estimate of drug-likeness (QED) is 0.837. The maximum Gasteiger partial charge on any atom is 0.411 e. The first-order valence-corrected chi connectivity index (χ1v) is 7.26. The minimum absolute atomic E-state index is 0.00237. The lowest BCUT2D eigenvalue weighted by atomic mass is 10.1. The van der Waals surface area contributed by atoms with E-state index in [1.165, 1.54) is 6.92 Å².